The van der Waals surface area contributed by atoms with Gasteiger partial charge in [0.05, 0.1) is 20.3 Å². The van der Waals surface area contributed by atoms with E-state index in [-0.39, 0.29) is 23.8 Å². The molecule has 1 fully saturated rings. The van der Waals surface area contributed by atoms with Crippen molar-refractivity contribution in [1.29, 1.82) is 0 Å². The molecule has 1 N–H and O–H groups in total. The lowest BCUT2D eigenvalue weighted by Gasteiger charge is -2.32. The molecule has 0 spiro atoms. The number of benzene rings is 2. The predicted octanol–water partition coefficient (Wildman–Crippen LogP) is 4.09. The van der Waals surface area contributed by atoms with Gasteiger partial charge in [0, 0.05) is 29.6 Å². The van der Waals surface area contributed by atoms with Crippen LogP contribution in [0, 0.1) is 5.92 Å². The van der Waals surface area contributed by atoms with Gasteiger partial charge in [-0.05, 0) is 55.7 Å². The first kappa shape index (κ1) is 22.0. The molecule has 0 saturated carbocycles. The molecule has 2 aromatic carbocycles. The van der Waals surface area contributed by atoms with Gasteiger partial charge in [-0.2, -0.15) is 0 Å². The van der Waals surface area contributed by atoms with Crippen molar-refractivity contribution in [2.75, 3.05) is 27.3 Å². The Labute approximate surface area is 182 Å². The minimum absolute atomic E-state index is 0.0238. The number of piperidine rings is 1. The highest BCUT2D eigenvalue weighted by Crippen LogP contribution is 2.29. The first-order valence-electron chi connectivity index (χ1n) is 10.00. The van der Waals surface area contributed by atoms with E-state index in [0.717, 1.165) is 5.56 Å². The van der Waals surface area contributed by atoms with Crippen molar-refractivity contribution in [3.05, 3.63) is 58.6 Å². The normalized spacial score (nSPS) is 15.4. The van der Waals surface area contributed by atoms with Crippen molar-refractivity contribution in [3.8, 4) is 11.5 Å². The van der Waals surface area contributed by atoms with Crippen LogP contribution in [0.5, 0.6) is 11.5 Å². The molecule has 6 nitrogen and oxygen atoms in total. The molecule has 0 bridgehead atoms. The molecule has 2 aromatic rings. The van der Waals surface area contributed by atoms with Crippen molar-refractivity contribution in [3.63, 3.8) is 0 Å². The highest BCUT2D eigenvalue weighted by Gasteiger charge is 2.29. The third-order valence-electron chi connectivity index (χ3n) is 5.51. The number of rotatable bonds is 6. The van der Waals surface area contributed by atoms with E-state index >= 15 is 0 Å². The van der Waals surface area contributed by atoms with Crippen molar-refractivity contribution in [2.24, 2.45) is 5.92 Å². The van der Waals surface area contributed by atoms with Crippen LogP contribution in [0.4, 0.5) is 0 Å². The number of carbonyl (C=O) groups excluding carboxylic acids is 2. The number of likely N-dealkylation sites (tertiary alicyclic amines) is 1. The van der Waals surface area contributed by atoms with Crippen LogP contribution in [0.2, 0.25) is 5.02 Å². The smallest absolute Gasteiger partial charge is 0.253 e. The van der Waals surface area contributed by atoms with Crippen LogP contribution in [0.15, 0.2) is 42.5 Å². The predicted molar refractivity (Wildman–Crippen MR) is 116 cm³/mol. The van der Waals surface area contributed by atoms with Crippen LogP contribution in [0.3, 0.4) is 0 Å². The number of halogens is 1. The SMILES string of the molecule is COc1ccc(C(=O)N2CCC(C(=O)N[C@H](C)c3ccc(Cl)cc3)CC2)cc1OC. The van der Waals surface area contributed by atoms with Crippen LogP contribution in [0.25, 0.3) is 0 Å². The van der Waals surface area contributed by atoms with Crippen molar-refractivity contribution in [1.82, 2.24) is 10.2 Å². The van der Waals surface area contributed by atoms with Gasteiger partial charge in [0.15, 0.2) is 11.5 Å². The van der Waals surface area contributed by atoms with Crippen molar-refractivity contribution >= 4 is 23.4 Å². The lowest BCUT2D eigenvalue weighted by molar-refractivity contribution is -0.126. The molecular weight excluding hydrogens is 404 g/mol. The molecule has 0 aliphatic carbocycles. The zero-order valence-corrected chi connectivity index (χ0v) is 18.2. The highest BCUT2D eigenvalue weighted by atomic mass is 35.5. The standard InChI is InChI=1S/C23H27ClN2O4/c1-15(16-4-7-19(24)8-5-16)25-22(27)17-10-12-26(13-11-17)23(28)18-6-9-20(29-2)21(14-18)30-3/h4-9,14-15,17H,10-13H2,1-3H3,(H,25,27)/t15-/m1/s1. The molecule has 7 heteroatoms. The summed E-state index contributed by atoms with van der Waals surface area (Å²) in [4.78, 5) is 27.3. The number of hydrogen-bond donors (Lipinski definition) is 1. The molecule has 1 aliphatic heterocycles. The number of methoxy groups -OCH3 is 2. The Kier molecular flexibility index (Phi) is 7.21. The Morgan fingerprint density at radius 3 is 2.27 bits per heavy atom. The fraction of sp³-hybridized carbons (Fsp3) is 0.391. The summed E-state index contributed by atoms with van der Waals surface area (Å²) in [6, 6.07) is 12.5. The van der Waals surface area contributed by atoms with Crippen LogP contribution in [-0.2, 0) is 4.79 Å². The first-order chi connectivity index (χ1) is 14.4. The molecule has 1 saturated heterocycles. The summed E-state index contributed by atoms with van der Waals surface area (Å²) in [5.74, 6) is 0.960. The van der Waals surface area contributed by atoms with E-state index in [4.69, 9.17) is 21.1 Å². The fourth-order valence-corrected chi connectivity index (χ4v) is 3.79. The fourth-order valence-electron chi connectivity index (χ4n) is 3.66. The second kappa shape index (κ2) is 9.85. The van der Waals surface area contributed by atoms with E-state index in [1.807, 2.05) is 31.2 Å². The second-order valence-corrected chi connectivity index (χ2v) is 7.85. The zero-order chi connectivity index (χ0) is 21.7. The first-order valence-corrected chi connectivity index (χ1v) is 10.4. The maximum absolute atomic E-state index is 12.9. The molecule has 0 aromatic heterocycles. The summed E-state index contributed by atoms with van der Waals surface area (Å²) in [6.45, 7) is 3.04. The Morgan fingerprint density at radius 1 is 1.03 bits per heavy atom. The molecule has 1 heterocycles. The molecular formula is C23H27ClN2O4. The number of ether oxygens (including phenoxy) is 2. The van der Waals surface area contributed by atoms with E-state index in [1.165, 1.54) is 0 Å². The maximum Gasteiger partial charge on any atom is 0.253 e. The van der Waals surface area contributed by atoms with E-state index < -0.39 is 0 Å². The van der Waals surface area contributed by atoms with Gasteiger partial charge in [0.2, 0.25) is 5.91 Å². The average molecular weight is 431 g/mol. The molecule has 1 aliphatic rings. The van der Waals surface area contributed by atoms with Gasteiger partial charge in [0.1, 0.15) is 0 Å². The van der Waals surface area contributed by atoms with Gasteiger partial charge in [0.25, 0.3) is 5.91 Å². The van der Waals surface area contributed by atoms with Crippen LogP contribution < -0.4 is 14.8 Å². The van der Waals surface area contributed by atoms with E-state index in [2.05, 4.69) is 5.32 Å². The minimum Gasteiger partial charge on any atom is -0.493 e. The molecule has 30 heavy (non-hydrogen) atoms. The Morgan fingerprint density at radius 2 is 1.67 bits per heavy atom. The van der Waals surface area contributed by atoms with Crippen molar-refractivity contribution < 1.29 is 19.1 Å². The molecule has 3 rings (SSSR count). The quantitative estimate of drug-likeness (QED) is 0.749. The summed E-state index contributed by atoms with van der Waals surface area (Å²) in [7, 11) is 3.10. The molecule has 1 atom stereocenters. The van der Waals surface area contributed by atoms with Gasteiger partial charge in [-0.25, -0.2) is 0 Å². The minimum atomic E-state index is -0.103. The number of carbonyl (C=O) groups is 2. The summed E-state index contributed by atoms with van der Waals surface area (Å²) in [5.41, 5.74) is 1.56. The molecule has 0 radical (unpaired) electrons. The summed E-state index contributed by atoms with van der Waals surface area (Å²) in [5, 5.41) is 3.74. The number of nitrogens with one attached hydrogen (secondary N) is 1. The second-order valence-electron chi connectivity index (χ2n) is 7.42. The molecule has 160 valence electrons. The average Bonchev–Trinajstić information content (AvgIpc) is 2.78. The zero-order valence-electron chi connectivity index (χ0n) is 17.5. The number of amides is 2. The molecule has 2 amide bonds. The Balaban J connectivity index is 1.55. The lowest BCUT2D eigenvalue weighted by atomic mass is 9.94. The van der Waals surface area contributed by atoms with Gasteiger partial charge in [-0.1, -0.05) is 23.7 Å². The van der Waals surface area contributed by atoms with E-state index in [9.17, 15) is 9.59 Å². The lowest BCUT2D eigenvalue weighted by Crippen LogP contribution is -2.43. The largest absolute Gasteiger partial charge is 0.493 e. The Hall–Kier alpha value is -2.73. The summed E-state index contributed by atoms with van der Waals surface area (Å²) in [6.07, 6.45) is 1.27. The van der Waals surface area contributed by atoms with E-state index in [1.54, 1.807) is 37.3 Å². The van der Waals surface area contributed by atoms with E-state index in [0.29, 0.717) is 48.0 Å². The summed E-state index contributed by atoms with van der Waals surface area (Å²) >= 11 is 5.93. The van der Waals surface area contributed by atoms with Gasteiger partial charge in [-0.3, -0.25) is 9.59 Å². The maximum atomic E-state index is 12.9. The number of hydrogen-bond acceptors (Lipinski definition) is 4. The van der Waals surface area contributed by atoms with Gasteiger partial charge < -0.3 is 19.7 Å². The monoisotopic (exact) mass is 430 g/mol. The van der Waals surface area contributed by atoms with Crippen LogP contribution in [-0.4, -0.2) is 44.0 Å². The third-order valence-corrected chi connectivity index (χ3v) is 5.76. The van der Waals surface area contributed by atoms with Gasteiger partial charge in [-0.15, -0.1) is 0 Å². The summed E-state index contributed by atoms with van der Waals surface area (Å²) < 4.78 is 10.5. The number of nitrogens with zero attached hydrogens (tertiary/aromatic N) is 1. The van der Waals surface area contributed by atoms with Crippen LogP contribution >= 0.6 is 11.6 Å². The molecule has 0 unspecified atom stereocenters. The topological polar surface area (TPSA) is 67.9 Å². The van der Waals surface area contributed by atoms with Crippen molar-refractivity contribution in [2.45, 2.75) is 25.8 Å². The highest BCUT2D eigenvalue weighted by molar-refractivity contribution is 6.30. The third kappa shape index (κ3) is 5.05. The van der Waals surface area contributed by atoms with Gasteiger partial charge >= 0.3 is 0 Å². The van der Waals surface area contributed by atoms with Crippen LogP contribution in [0.1, 0.15) is 41.7 Å². The Bertz CT molecular complexity index is 893.